The zero-order valence-electron chi connectivity index (χ0n) is 20.8. The van der Waals surface area contributed by atoms with E-state index in [-0.39, 0.29) is 17.9 Å². The van der Waals surface area contributed by atoms with Crippen LogP contribution in [0.4, 0.5) is 21.5 Å². The number of nitrogens with zero attached hydrogens (tertiary/aromatic N) is 4. The van der Waals surface area contributed by atoms with Gasteiger partial charge in [-0.1, -0.05) is 29.2 Å². The number of nitrogens with one attached hydrogen (secondary N) is 1. The van der Waals surface area contributed by atoms with Crippen molar-refractivity contribution in [1.82, 2.24) is 9.55 Å². The third kappa shape index (κ3) is 4.70. The molecule has 4 aromatic rings. The second-order valence-electron chi connectivity index (χ2n) is 9.29. The van der Waals surface area contributed by atoms with Crippen molar-refractivity contribution >= 4 is 57.9 Å². The topological polar surface area (TPSA) is 145 Å². The van der Waals surface area contributed by atoms with Crippen molar-refractivity contribution in [3.05, 3.63) is 109 Å². The van der Waals surface area contributed by atoms with Gasteiger partial charge in [0.05, 0.1) is 21.6 Å². The van der Waals surface area contributed by atoms with Crippen LogP contribution in [-0.4, -0.2) is 37.4 Å². The lowest BCUT2D eigenvalue weighted by molar-refractivity contribution is -0.384. The highest BCUT2D eigenvalue weighted by Crippen LogP contribution is 2.53. The van der Waals surface area contributed by atoms with Gasteiger partial charge in [-0.15, -0.1) is 0 Å². The number of thioether (sulfide) groups is 1. The van der Waals surface area contributed by atoms with Crippen molar-refractivity contribution < 1.29 is 23.7 Å². The molecule has 0 aliphatic carbocycles. The van der Waals surface area contributed by atoms with E-state index in [0.29, 0.717) is 21.2 Å². The van der Waals surface area contributed by atoms with E-state index in [1.54, 1.807) is 24.5 Å². The van der Waals surface area contributed by atoms with Crippen LogP contribution in [0.15, 0.2) is 82.9 Å². The van der Waals surface area contributed by atoms with Gasteiger partial charge in [-0.05, 0) is 48.0 Å². The largest absolute Gasteiger partial charge is 0.325 e. The highest BCUT2D eigenvalue weighted by Gasteiger charge is 2.57. The summed E-state index contributed by atoms with van der Waals surface area (Å²) in [6.07, 6.45) is 3.14. The Balaban J connectivity index is 1.38. The Morgan fingerprint density at radius 1 is 1.05 bits per heavy atom. The molecule has 0 unspecified atom stereocenters. The Morgan fingerprint density at radius 3 is 2.44 bits per heavy atom. The number of pyridine rings is 1. The fourth-order valence-electron chi connectivity index (χ4n) is 5.03. The minimum absolute atomic E-state index is 0.182. The predicted molar refractivity (Wildman–Crippen MR) is 148 cm³/mol. The number of aromatic nitrogens is 2. The van der Waals surface area contributed by atoms with Crippen molar-refractivity contribution in [3.8, 4) is 0 Å². The molecule has 206 valence electrons. The second-order valence-corrected chi connectivity index (χ2v) is 11.4. The standard InChI is InChI=1S/C27H18FN5O6S2/c28-15-3-5-16(6-4-15)30-19(34)13-31-26-23(41-27(31)37)20(14-2-1-11-29-12-14)21-22(40-26)25(36)32(24(21)35)17-7-9-18(10-8-17)33(38)39/h1-12,20-22H,13H2,(H,30,34)/t20-,21+,22-/m0/s1. The monoisotopic (exact) mass is 591 g/mol. The molecule has 1 saturated heterocycles. The number of anilines is 2. The van der Waals surface area contributed by atoms with Crippen LogP contribution >= 0.6 is 23.1 Å². The van der Waals surface area contributed by atoms with E-state index in [4.69, 9.17) is 0 Å². The van der Waals surface area contributed by atoms with Gasteiger partial charge in [-0.2, -0.15) is 0 Å². The van der Waals surface area contributed by atoms with Gasteiger partial charge >= 0.3 is 4.87 Å². The molecule has 2 aromatic heterocycles. The van der Waals surface area contributed by atoms with Crippen molar-refractivity contribution in [2.24, 2.45) is 5.92 Å². The molecule has 4 heterocycles. The summed E-state index contributed by atoms with van der Waals surface area (Å²) in [7, 11) is 0. The van der Waals surface area contributed by atoms with E-state index >= 15 is 0 Å². The molecule has 0 spiro atoms. The average molecular weight is 592 g/mol. The molecule has 3 amide bonds. The number of carbonyl (C=O) groups excluding carboxylic acids is 3. The van der Waals surface area contributed by atoms with E-state index in [1.165, 1.54) is 53.1 Å². The molecular formula is C27H18FN5O6S2. The lowest BCUT2D eigenvalue weighted by Gasteiger charge is -2.30. The first-order valence-electron chi connectivity index (χ1n) is 12.2. The first-order chi connectivity index (χ1) is 19.7. The molecular weight excluding hydrogens is 573 g/mol. The van der Waals surface area contributed by atoms with Gasteiger partial charge in [0, 0.05) is 41.0 Å². The van der Waals surface area contributed by atoms with Crippen molar-refractivity contribution in [2.45, 2.75) is 22.7 Å². The Morgan fingerprint density at radius 2 is 1.78 bits per heavy atom. The van der Waals surface area contributed by atoms with Gasteiger partial charge in [-0.25, -0.2) is 9.29 Å². The lowest BCUT2D eigenvalue weighted by Crippen LogP contribution is -2.33. The molecule has 14 heteroatoms. The molecule has 3 atom stereocenters. The minimum Gasteiger partial charge on any atom is -0.325 e. The SMILES string of the molecule is O=C(Cn1c2c(sc1=O)[C@@H](c1cccnc1)[C@H]1C(=O)N(c3ccc([N+](=O)[O-])cc3)C(=O)[C@H]1S2)Nc1ccc(F)cc1. The molecule has 0 bridgehead atoms. The number of hydrogen-bond acceptors (Lipinski definition) is 9. The average Bonchev–Trinajstić information content (AvgIpc) is 3.40. The van der Waals surface area contributed by atoms with Crippen LogP contribution in [-0.2, 0) is 20.9 Å². The molecule has 6 rings (SSSR count). The van der Waals surface area contributed by atoms with Crippen molar-refractivity contribution in [2.75, 3.05) is 10.2 Å². The maximum Gasteiger partial charge on any atom is 0.308 e. The smallest absolute Gasteiger partial charge is 0.308 e. The molecule has 2 aliphatic rings. The van der Waals surface area contributed by atoms with Crippen LogP contribution in [0.25, 0.3) is 0 Å². The summed E-state index contributed by atoms with van der Waals surface area (Å²) in [6, 6.07) is 13.8. The van der Waals surface area contributed by atoms with Crippen LogP contribution in [0.5, 0.6) is 0 Å². The number of rotatable bonds is 6. The quantitative estimate of drug-likeness (QED) is 0.203. The van der Waals surface area contributed by atoms with Gasteiger partial charge in [-0.3, -0.25) is 38.8 Å². The van der Waals surface area contributed by atoms with E-state index in [2.05, 4.69) is 10.3 Å². The van der Waals surface area contributed by atoms with Gasteiger partial charge in [0.1, 0.15) is 17.6 Å². The van der Waals surface area contributed by atoms with Crippen LogP contribution in [0.1, 0.15) is 16.4 Å². The first-order valence-corrected chi connectivity index (χ1v) is 13.9. The Kier molecular flexibility index (Phi) is 6.71. The highest BCUT2D eigenvalue weighted by atomic mass is 32.2. The number of thiazole rings is 1. The Labute approximate surface area is 238 Å². The summed E-state index contributed by atoms with van der Waals surface area (Å²) in [5.41, 5.74) is 0.993. The van der Waals surface area contributed by atoms with Crippen molar-refractivity contribution in [1.29, 1.82) is 0 Å². The van der Waals surface area contributed by atoms with E-state index < -0.39 is 50.4 Å². The van der Waals surface area contributed by atoms with Gasteiger partial charge in [0.25, 0.3) is 5.69 Å². The molecule has 11 nitrogen and oxygen atoms in total. The molecule has 1 N–H and O–H groups in total. The molecule has 2 aliphatic heterocycles. The zero-order valence-corrected chi connectivity index (χ0v) is 22.4. The van der Waals surface area contributed by atoms with Gasteiger partial charge < -0.3 is 5.32 Å². The second kappa shape index (κ2) is 10.4. The number of nitro groups is 1. The molecule has 0 saturated carbocycles. The number of amides is 3. The lowest BCUT2D eigenvalue weighted by atomic mass is 9.84. The molecule has 1 fully saturated rings. The summed E-state index contributed by atoms with van der Waals surface area (Å²) in [6.45, 7) is -0.361. The summed E-state index contributed by atoms with van der Waals surface area (Å²) >= 11 is 1.94. The summed E-state index contributed by atoms with van der Waals surface area (Å²) in [5.74, 6) is -3.58. The normalized spacial score (nSPS) is 19.5. The third-order valence-electron chi connectivity index (χ3n) is 6.84. The van der Waals surface area contributed by atoms with Crippen LogP contribution in [0.2, 0.25) is 0 Å². The maximum absolute atomic E-state index is 13.8. The first kappa shape index (κ1) is 26.5. The van der Waals surface area contributed by atoms with Gasteiger partial charge in [0.15, 0.2) is 0 Å². The maximum atomic E-state index is 13.8. The number of non-ortho nitro benzene ring substituents is 1. The zero-order chi connectivity index (χ0) is 28.8. The third-order valence-corrected chi connectivity index (χ3v) is 9.44. The van der Waals surface area contributed by atoms with E-state index in [1.807, 2.05) is 0 Å². The number of carbonyl (C=O) groups is 3. The molecule has 0 radical (unpaired) electrons. The number of hydrogen-bond donors (Lipinski definition) is 1. The van der Waals surface area contributed by atoms with Crippen LogP contribution < -0.4 is 15.1 Å². The highest BCUT2D eigenvalue weighted by molar-refractivity contribution is 8.00. The molecule has 2 aromatic carbocycles. The predicted octanol–water partition coefficient (Wildman–Crippen LogP) is 3.79. The van der Waals surface area contributed by atoms with Crippen molar-refractivity contribution in [3.63, 3.8) is 0 Å². The fourth-order valence-corrected chi connectivity index (χ4v) is 7.80. The fraction of sp³-hybridized carbons (Fsp3) is 0.148. The Bertz CT molecular complexity index is 1760. The van der Waals surface area contributed by atoms with Crippen LogP contribution in [0, 0.1) is 21.8 Å². The number of benzene rings is 2. The van der Waals surface area contributed by atoms with E-state index in [0.717, 1.165) is 28.0 Å². The minimum atomic E-state index is -0.921. The number of fused-ring (bicyclic) bond motifs is 2. The van der Waals surface area contributed by atoms with Crippen LogP contribution in [0.3, 0.4) is 0 Å². The number of imide groups is 1. The van der Waals surface area contributed by atoms with E-state index in [9.17, 15) is 33.7 Å². The number of halogens is 1. The summed E-state index contributed by atoms with van der Waals surface area (Å²) in [4.78, 5) is 69.4. The summed E-state index contributed by atoms with van der Waals surface area (Å²) < 4.78 is 14.5. The summed E-state index contributed by atoms with van der Waals surface area (Å²) in [5, 5.41) is 13.2. The number of nitro benzene ring substituents is 1. The van der Waals surface area contributed by atoms with Gasteiger partial charge in [0.2, 0.25) is 17.7 Å². The molecule has 41 heavy (non-hydrogen) atoms. The Hall–Kier alpha value is -4.69.